The third-order valence-corrected chi connectivity index (χ3v) is 3.74. The number of carboxylic acids is 1. The van der Waals surface area contributed by atoms with Gasteiger partial charge in [0.25, 0.3) is 0 Å². The zero-order valence-corrected chi connectivity index (χ0v) is 11.2. The summed E-state index contributed by atoms with van der Waals surface area (Å²) in [7, 11) is 0. The second-order valence-corrected chi connectivity index (χ2v) is 5.22. The first-order chi connectivity index (χ1) is 9.02. The average molecular weight is 285 g/mol. The van der Waals surface area contributed by atoms with Gasteiger partial charge in [0, 0.05) is 25.4 Å². The van der Waals surface area contributed by atoms with Gasteiger partial charge in [-0.15, -0.1) is 0 Å². The Kier molecular flexibility index (Phi) is 4.17. The summed E-state index contributed by atoms with van der Waals surface area (Å²) < 4.78 is 0. The Labute approximate surface area is 116 Å². The van der Waals surface area contributed by atoms with Crippen molar-refractivity contribution in [1.29, 1.82) is 0 Å². The zero-order valence-electron chi connectivity index (χ0n) is 10.5. The van der Waals surface area contributed by atoms with E-state index in [2.05, 4.69) is 0 Å². The molecule has 0 bridgehead atoms. The molecule has 0 saturated carbocycles. The molecule has 1 saturated heterocycles. The van der Waals surface area contributed by atoms with Crippen molar-refractivity contribution in [3.63, 3.8) is 0 Å². The van der Waals surface area contributed by atoms with Crippen molar-refractivity contribution >= 4 is 28.9 Å². The minimum absolute atomic E-state index is 0.134. The number of hydrogen-bond acceptors (Lipinski definition) is 4. The summed E-state index contributed by atoms with van der Waals surface area (Å²) in [4.78, 5) is 13.3. The van der Waals surface area contributed by atoms with Crippen LogP contribution < -0.4 is 10.6 Å². The van der Waals surface area contributed by atoms with Gasteiger partial charge in [-0.25, -0.2) is 4.79 Å². The van der Waals surface area contributed by atoms with Crippen LogP contribution >= 0.6 is 11.6 Å². The summed E-state index contributed by atoms with van der Waals surface area (Å²) in [6.45, 7) is 1.61. The SMILES string of the molecule is Nc1cc(Cl)c(N2CCC(CCO)C2)c(C(=O)O)c1. The molecule has 0 aliphatic carbocycles. The molecule has 0 spiro atoms. The van der Waals surface area contributed by atoms with Crippen LogP contribution in [0.1, 0.15) is 23.2 Å². The lowest BCUT2D eigenvalue weighted by molar-refractivity contribution is 0.0697. The van der Waals surface area contributed by atoms with Crippen molar-refractivity contribution in [2.24, 2.45) is 5.92 Å². The topological polar surface area (TPSA) is 86.8 Å². The van der Waals surface area contributed by atoms with E-state index in [-0.39, 0.29) is 12.2 Å². The van der Waals surface area contributed by atoms with Crippen molar-refractivity contribution in [2.45, 2.75) is 12.8 Å². The molecule has 1 fully saturated rings. The Bertz CT molecular complexity index is 493. The van der Waals surface area contributed by atoms with Gasteiger partial charge in [-0.05, 0) is 30.9 Å². The van der Waals surface area contributed by atoms with Gasteiger partial charge in [-0.2, -0.15) is 0 Å². The van der Waals surface area contributed by atoms with Crippen LogP contribution in [0.3, 0.4) is 0 Å². The van der Waals surface area contributed by atoms with Crippen LogP contribution in [0.5, 0.6) is 0 Å². The number of hydrogen-bond donors (Lipinski definition) is 3. The van der Waals surface area contributed by atoms with Crippen LogP contribution in [0.25, 0.3) is 0 Å². The number of carbonyl (C=O) groups is 1. The largest absolute Gasteiger partial charge is 0.478 e. The van der Waals surface area contributed by atoms with Crippen LogP contribution in [-0.4, -0.2) is 35.9 Å². The number of nitrogen functional groups attached to an aromatic ring is 1. The second-order valence-electron chi connectivity index (χ2n) is 4.82. The Hall–Kier alpha value is -1.46. The second kappa shape index (κ2) is 5.67. The lowest BCUT2D eigenvalue weighted by atomic mass is 10.1. The van der Waals surface area contributed by atoms with E-state index in [1.807, 2.05) is 4.90 Å². The fourth-order valence-electron chi connectivity index (χ4n) is 2.56. The summed E-state index contributed by atoms with van der Waals surface area (Å²) in [6, 6.07) is 3.01. The van der Waals surface area contributed by atoms with E-state index in [1.165, 1.54) is 6.07 Å². The first-order valence-corrected chi connectivity index (χ1v) is 6.59. The Morgan fingerprint density at radius 1 is 1.53 bits per heavy atom. The minimum Gasteiger partial charge on any atom is -0.478 e. The predicted octanol–water partition coefficient (Wildman–Crippen LogP) is 1.83. The highest BCUT2D eigenvalue weighted by atomic mass is 35.5. The number of benzene rings is 1. The van der Waals surface area contributed by atoms with E-state index in [1.54, 1.807) is 6.07 Å². The molecule has 2 rings (SSSR count). The van der Waals surface area contributed by atoms with Crippen molar-refractivity contribution in [3.05, 3.63) is 22.7 Å². The molecule has 4 N–H and O–H groups in total. The third-order valence-electron chi connectivity index (χ3n) is 3.46. The standard InChI is InChI=1S/C13H17ClN2O3/c14-11-6-9(15)5-10(13(18)19)12(11)16-3-1-8(7-16)2-4-17/h5-6,8,17H,1-4,7,15H2,(H,18,19). The van der Waals surface area contributed by atoms with Gasteiger partial charge in [0.15, 0.2) is 0 Å². The molecular weight excluding hydrogens is 268 g/mol. The van der Waals surface area contributed by atoms with Crippen LogP contribution in [0, 0.1) is 5.92 Å². The van der Waals surface area contributed by atoms with Gasteiger partial charge >= 0.3 is 5.97 Å². The van der Waals surface area contributed by atoms with Crippen molar-refractivity contribution < 1.29 is 15.0 Å². The van der Waals surface area contributed by atoms with Crippen molar-refractivity contribution in [1.82, 2.24) is 0 Å². The van der Waals surface area contributed by atoms with E-state index in [9.17, 15) is 9.90 Å². The summed E-state index contributed by atoms with van der Waals surface area (Å²) in [6.07, 6.45) is 1.66. The monoisotopic (exact) mass is 284 g/mol. The number of anilines is 2. The molecule has 1 unspecified atom stereocenters. The van der Waals surface area contributed by atoms with E-state index in [0.29, 0.717) is 28.9 Å². The summed E-state index contributed by atoms with van der Waals surface area (Å²) in [5.74, 6) is -0.657. The van der Waals surface area contributed by atoms with Gasteiger partial charge < -0.3 is 20.8 Å². The maximum absolute atomic E-state index is 11.3. The number of aliphatic hydroxyl groups excluding tert-OH is 1. The molecule has 19 heavy (non-hydrogen) atoms. The van der Waals surface area contributed by atoms with Crippen LogP contribution in [0.2, 0.25) is 5.02 Å². The van der Waals surface area contributed by atoms with E-state index >= 15 is 0 Å². The normalized spacial score (nSPS) is 18.8. The minimum atomic E-state index is -1.03. The van der Waals surface area contributed by atoms with Gasteiger partial charge in [0.2, 0.25) is 0 Å². The number of halogens is 1. The van der Waals surface area contributed by atoms with Crippen LogP contribution in [-0.2, 0) is 0 Å². The molecule has 1 atom stereocenters. The van der Waals surface area contributed by atoms with Crippen LogP contribution in [0.15, 0.2) is 12.1 Å². The number of carboxylic acid groups (broad SMARTS) is 1. The number of aliphatic hydroxyl groups is 1. The number of nitrogens with two attached hydrogens (primary N) is 1. The van der Waals surface area contributed by atoms with E-state index in [0.717, 1.165) is 19.4 Å². The van der Waals surface area contributed by atoms with Crippen molar-refractivity contribution in [2.75, 3.05) is 30.3 Å². The maximum atomic E-state index is 11.3. The smallest absolute Gasteiger partial charge is 0.337 e. The fraction of sp³-hybridized carbons (Fsp3) is 0.462. The first kappa shape index (κ1) is 14.0. The molecular formula is C13H17ClN2O3. The molecule has 6 heteroatoms. The maximum Gasteiger partial charge on any atom is 0.337 e. The molecule has 1 heterocycles. The highest BCUT2D eigenvalue weighted by Gasteiger charge is 2.27. The number of rotatable bonds is 4. The lowest BCUT2D eigenvalue weighted by Crippen LogP contribution is -2.23. The fourth-order valence-corrected chi connectivity index (χ4v) is 2.91. The highest BCUT2D eigenvalue weighted by Crippen LogP contribution is 2.36. The van der Waals surface area contributed by atoms with Gasteiger partial charge in [-0.1, -0.05) is 11.6 Å². The van der Waals surface area contributed by atoms with Gasteiger partial charge in [0.05, 0.1) is 16.3 Å². The molecule has 104 valence electrons. The van der Waals surface area contributed by atoms with Gasteiger partial charge in [-0.3, -0.25) is 0 Å². The molecule has 1 aliphatic rings. The number of nitrogens with zero attached hydrogens (tertiary/aromatic N) is 1. The van der Waals surface area contributed by atoms with E-state index < -0.39 is 5.97 Å². The zero-order chi connectivity index (χ0) is 14.0. The molecule has 0 aromatic heterocycles. The molecule has 1 aromatic rings. The molecule has 5 nitrogen and oxygen atoms in total. The predicted molar refractivity (Wildman–Crippen MR) is 74.8 cm³/mol. The van der Waals surface area contributed by atoms with Crippen molar-refractivity contribution in [3.8, 4) is 0 Å². The Morgan fingerprint density at radius 3 is 2.89 bits per heavy atom. The average Bonchev–Trinajstić information content (AvgIpc) is 2.76. The summed E-state index contributed by atoms with van der Waals surface area (Å²) in [5.41, 5.74) is 6.65. The number of aromatic carboxylic acids is 1. The Morgan fingerprint density at radius 2 is 2.26 bits per heavy atom. The Balaban J connectivity index is 2.32. The molecule has 0 amide bonds. The first-order valence-electron chi connectivity index (χ1n) is 6.21. The van der Waals surface area contributed by atoms with Crippen LogP contribution in [0.4, 0.5) is 11.4 Å². The van der Waals surface area contributed by atoms with E-state index in [4.69, 9.17) is 22.4 Å². The van der Waals surface area contributed by atoms with Gasteiger partial charge in [0.1, 0.15) is 0 Å². The highest BCUT2D eigenvalue weighted by molar-refractivity contribution is 6.34. The molecule has 1 aromatic carbocycles. The third kappa shape index (κ3) is 2.93. The lowest BCUT2D eigenvalue weighted by Gasteiger charge is -2.22. The molecule has 1 aliphatic heterocycles. The summed E-state index contributed by atoms with van der Waals surface area (Å²) >= 11 is 6.15. The molecule has 0 radical (unpaired) electrons. The summed E-state index contributed by atoms with van der Waals surface area (Å²) in [5, 5.41) is 18.6. The quantitative estimate of drug-likeness (QED) is 0.734.